The van der Waals surface area contributed by atoms with E-state index in [9.17, 15) is 9.18 Å². The van der Waals surface area contributed by atoms with E-state index in [0.29, 0.717) is 23.7 Å². The Balaban J connectivity index is 1.43. The molecule has 0 aliphatic heterocycles. The van der Waals surface area contributed by atoms with Crippen LogP contribution in [-0.4, -0.2) is 27.2 Å². The normalized spacial score (nSPS) is 10.9. The SMILES string of the molecule is Cc1cc(C(=O)COc2ccc(-c3nnco3)cc2)c(C)n1Cc1ccc(F)cc1. The topological polar surface area (TPSA) is 70.2 Å². The number of hydrogen-bond donors (Lipinski definition) is 0. The van der Waals surface area contributed by atoms with Gasteiger partial charge in [-0.15, -0.1) is 10.2 Å². The van der Waals surface area contributed by atoms with Gasteiger partial charge >= 0.3 is 0 Å². The Morgan fingerprint density at radius 3 is 2.50 bits per heavy atom. The van der Waals surface area contributed by atoms with Crippen molar-refractivity contribution in [3.63, 3.8) is 0 Å². The summed E-state index contributed by atoms with van der Waals surface area (Å²) in [5.41, 5.74) is 4.18. The van der Waals surface area contributed by atoms with Gasteiger partial charge in [0.25, 0.3) is 0 Å². The Kier molecular flexibility index (Phi) is 5.43. The van der Waals surface area contributed by atoms with Gasteiger partial charge in [-0.25, -0.2) is 4.39 Å². The molecule has 0 N–H and O–H groups in total. The molecule has 2 aromatic carbocycles. The number of aromatic nitrogens is 3. The second-order valence-corrected chi connectivity index (χ2v) is 6.98. The van der Waals surface area contributed by atoms with Crippen LogP contribution in [0.15, 0.2) is 65.4 Å². The Labute approximate surface area is 172 Å². The standard InChI is InChI=1S/C23H20FN3O3/c1-15-11-21(16(2)27(15)12-17-3-7-19(24)8-4-17)22(28)13-29-20-9-5-18(6-10-20)23-26-25-14-30-23/h3-11,14H,12-13H2,1-2H3. The van der Waals surface area contributed by atoms with Crippen molar-refractivity contribution < 1.29 is 18.3 Å². The summed E-state index contributed by atoms with van der Waals surface area (Å²) in [6.45, 7) is 4.36. The average Bonchev–Trinajstić information content (AvgIpc) is 3.38. The van der Waals surface area contributed by atoms with Gasteiger partial charge in [-0.1, -0.05) is 12.1 Å². The van der Waals surface area contributed by atoms with Gasteiger partial charge in [0, 0.05) is 29.1 Å². The fourth-order valence-corrected chi connectivity index (χ4v) is 3.32. The van der Waals surface area contributed by atoms with Crippen LogP contribution in [0, 0.1) is 19.7 Å². The Morgan fingerprint density at radius 2 is 1.83 bits per heavy atom. The molecule has 0 amide bonds. The fourth-order valence-electron chi connectivity index (χ4n) is 3.32. The summed E-state index contributed by atoms with van der Waals surface area (Å²) in [7, 11) is 0. The smallest absolute Gasteiger partial charge is 0.247 e. The minimum Gasteiger partial charge on any atom is -0.485 e. The minimum atomic E-state index is -0.266. The molecule has 4 rings (SSSR count). The van der Waals surface area contributed by atoms with Gasteiger partial charge in [0.2, 0.25) is 18.1 Å². The highest BCUT2D eigenvalue weighted by Gasteiger charge is 2.16. The molecular formula is C23H20FN3O3. The first kappa shape index (κ1) is 19.6. The highest BCUT2D eigenvalue weighted by molar-refractivity contribution is 5.98. The van der Waals surface area contributed by atoms with Gasteiger partial charge < -0.3 is 13.7 Å². The third-order valence-electron chi connectivity index (χ3n) is 4.96. The van der Waals surface area contributed by atoms with E-state index in [1.54, 1.807) is 36.4 Å². The number of hydrogen-bond acceptors (Lipinski definition) is 5. The second kappa shape index (κ2) is 8.32. The van der Waals surface area contributed by atoms with Crippen molar-refractivity contribution in [2.24, 2.45) is 0 Å². The fraction of sp³-hybridized carbons (Fsp3) is 0.174. The molecule has 0 aliphatic rings. The predicted octanol–water partition coefficient (Wildman–Crippen LogP) is 4.60. The average molecular weight is 405 g/mol. The molecule has 6 nitrogen and oxygen atoms in total. The maximum atomic E-state index is 13.1. The zero-order chi connectivity index (χ0) is 21.1. The molecule has 0 fully saturated rings. The Morgan fingerprint density at radius 1 is 1.10 bits per heavy atom. The molecule has 2 aromatic heterocycles. The lowest BCUT2D eigenvalue weighted by Crippen LogP contribution is -2.13. The van der Waals surface area contributed by atoms with E-state index in [4.69, 9.17) is 9.15 Å². The van der Waals surface area contributed by atoms with Crippen LogP contribution >= 0.6 is 0 Å². The largest absolute Gasteiger partial charge is 0.485 e. The van der Waals surface area contributed by atoms with Crippen LogP contribution in [0.3, 0.4) is 0 Å². The molecule has 0 radical (unpaired) electrons. The summed E-state index contributed by atoms with van der Waals surface area (Å²) >= 11 is 0. The van der Waals surface area contributed by atoms with E-state index in [1.165, 1.54) is 18.5 Å². The molecule has 0 atom stereocenters. The highest BCUT2D eigenvalue weighted by atomic mass is 19.1. The van der Waals surface area contributed by atoms with Gasteiger partial charge in [-0.3, -0.25) is 4.79 Å². The summed E-state index contributed by atoms with van der Waals surface area (Å²) in [6.07, 6.45) is 1.27. The number of ether oxygens (including phenoxy) is 1. The third kappa shape index (κ3) is 4.15. The Bertz CT molecular complexity index is 1150. The minimum absolute atomic E-state index is 0.0687. The number of halogens is 1. The molecule has 30 heavy (non-hydrogen) atoms. The molecule has 2 heterocycles. The van der Waals surface area contributed by atoms with Crippen molar-refractivity contribution >= 4 is 5.78 Å². The molecule has 0 bridgehead atoms. The lowest BCUT2D eigenvalue weighted by atomic mass is 10.1. The maximum absolute atomic E-state index is 13.1. The van der Waals surface area contributed by atoms with Crippen LogP contribution in [0.5, 0.6) is 5.75 Å². The summed E-state index contributed by atoms with van der Waals surface area (Å²) in [4.78, 5) is 12.7. The summed E-state index contributed by atoms with van der Waals surface area (Å²) < 4.78 is 26.0. The molecular weight excluding hydrogens is 385 g/mol. The van der Waals surface area contributed by atoms with E-state index >= 15 is 0 Å². The number of Topliss-reactive ketones (excluding diaryl/α,β-unsaturated/α-hetero) is 1. The number of nitrogens with zero attached hydrogens (tertiary/aromatic N) is 3. The summed E-state index contributed by atoms with van der Waals surface area (Å²) in [6, 6.07) is 15.3. The van der Waals surface area contributed by atoms with Crippen LogP contribution in [-0.2, 0) is 6.54 Å². The van der Waals surface area contributed by atoms with Gasteiger partial charge in [0.15, 0.2) is 6.61 Å². The van der Waals surface area contributed by atoms with Crippen molar-refractivity contribution in [1.29, 1.82) is 0 Å². The molecule has 0 spiro atoms. The number of carbonyl (C=O) groups is 1. The van der Waals surface area contributed by atoms with Gasteiger partial charge in [0.05, 0.1) is 0 Å². The van der Waals surface area contributed by atoms with Gasteiger partial charge in [-0.2, -0.15) is 0 Å². The van der Waals surface area contributed by atoms with E-state index in [0.717, 1.165) is 22.5 Å². The van der Waals surface area contributed by atoms with E-state index in [1.807, 2.05) is 24.5 Å². The zero-order valence-electron chi connectivity index (χ0n) is 16.6. The zero-order valence-corrected chi connectivity index (χ0v) is 16.6. The van der Waals surface area contributed by atoms with Crippen molar-refractivity contribution in [3.8, 4) is 17.2 Å². The van der Waals surface area contributed by atoms with E-state index < -0.39 is 0 Å². The molecule has 0 unspecified atom stereocenters. The number of benzene rings is 2. The first-order valence-corrected chi connectivity index (χ1v) is 9.45. The molecule has 0 saturated carbocycles. The quantitative estimate of drug-likeness (QED) is 0.420. The second-order valence-electron chi connectivity index (χ2n) is 6.98. The van der Waals surface area contributed by atoms with Crippen LogP contribution < -0.4 is 4.74 Å². The number of carbonyl (C=O) groups excluding carboxylic acids is 1. The Hall–Kier alpha value is -3.74. The van der Waals surface area contributed by atoms with Crippen molar-refractivity contribution in [2.45, 2.75) is 20.4 Å². The molecule has 7 heteroatoms. The van der Waals surface area contributed by atoms with Gasteiger partial charge in [-0.05, 0) is 61.9 Å². The number of rotatable bonds is 7. The lowest BCUT2D eigenvalue weighted by molar-refractivity contribution is 0.0921. The van der Waals surface area contributed by atoms with Crippen LogP contribution in [0.2, 0.25) is 0 Å². The van der Waals surface area contributed by atoms with Crippen LogP contribution in [0.25, 0.3) is 11.5 Å². The van der Waals surface area contributed by atoms with Crippen LogP contribution in [0.4, 0.5) is 4.39 Å². The first-order valence-electron chi connectivity index (χ1n) is 9.45. The molecule has 0 saturated heterocycles. The van der Waals surface area contributed by atoms with Crippen molar-refractivity contribution in [3.05, 3.63) is 89.3 Å². The summed E-state index contributed by atoms with van der Waals surface area (Å²) in [5.74, 6) is 0.630. The summed E-state index contributed by atoms with van der Waals surface area (Å²) in [5, 5.41) is 7.50. The molecule has 4 aromatic rings. The van der Waals surface area contributed by atoms with Crippen molar-refractivity contribution in [2.75, 3.05) is 6.61 Å². The van der Waals surface area contributed by atoms with Crippen LogP contribution in [0.1, 0.15) is 27.3 Å². The van der Waals surface area contributed by atoms with E-state index in [2.05, 4.69) is 10.2 Å². The lowest BCUT2D eigenvalue weighted by Gasteiger charge is -2.10. The first-order chi connectivity index (χ1) is 14.5. The predicted molar refractivity (Wildman–Crippen MR) is 109 cm³/mol. The van der Waals surface area contributed by atoms with Gasteiger partial charge in [0.1, 0.15) is 11.6 Å². The molecule has 0 aliphatic carbocycles. The monoisotopic (exact) mass is 405 g/mol. The van der Waals surface area contributed by atoms with Crippen molar-refractivity contribution in [1.82, 2.24) is 14.8 Å². The maximum Gasteiger partial charge on any atom is 0.247 e. The molecule has 152 valence electrons. The van der Waals surface area contributed by atoms with E-state index in [-0.39, 0.29) is 18.2 Å². The number of aryl methyl sites for hydroxylation is 1. The highest BCUT2D eigenvalue weighted by Crippen LogP contribution is 2.22. The number of ketones is 1. The third-order valence-corrected chi connectivity index (χ3v) is 4.96.